The molecule has 0 atom stereocenters. The summed E-state index contributed by atoms with van der Waals surface area (Å²) in [4.78, 5) is 9.62. The summed E-state index contributed by atoms with van der Waals surface area (Å²) >= 11 is 0. The summed E-state index contributed by atoms with van der Waals surface area (Å²) in [5, 5.41) is 2.32. The van der Waals surface area contributed by atoms with Crippen molar-refractivity contribution in [3.8, 4) is 39.6 Å². The van der Waals surface area contributed by atoms with Crippen LogP contribution in [0.25, 0.3) is 49.9 Å². The lowest BCUT2D eigenvalue weighted by atomic mass is 9.95. The molecule has 5 nitrogen and oxygen atoms in total. The van der Waals surface area contributed by atoms with Crippen LogP contribution in [0.4, 0.5) is 22.7 Å². The first-order valence-electron chi connectivity index (χ1n) is 17.9. The first-order chi connectivity index (χ1) is 26.3. The summed E-state index contributed by atoms with van der Waals surface area (Å²) in [6.07, 6.45) is 1.91. The Morgan fingerprint density at radius 1 is 0.434 bits per heavy atom. The number of pyridine rings is 1. The van der Waals surface area contributed by atoms with E-state index >= 15 is 0 Å². The average molecular weight is 683 g/mol. The summed E-state index contributed by atoms with van der Waals surface area (Å²) in [6.45, 7) is 0.709. The fourth-order valence-corrected chi connectivity index (χ4v) is 7.69. The molecule has 0 amide bonds. The molecule has 0 spiro atoms. The second kappa shape index (κ2) is 12.9. The lowest BCUT2D eigenvalue weighted by Gasteiger charge is -2.22. The minimum Gasteiger partial charge on any atom is -0.457 e. The summed E-state index contributed by atoms with van der Waals surface area (Å²) in [7, 11) is 0. The number of fused-ring (bicyclic) bond motifs is 4. The van der Waals surface area contributed by atoms with E-state index < -0.39 is 0 Å². The molecule has 0 unspecified atom stereocenters. The average Bonchev–Trinajstić information content (AvgIpc) is 3.78. The zero-order chi connectivity index (χ0) is 35.1. The highest BCUT2D eigenvalue weighted by atomic mass is 16.5. The van der Waals surface area contributed by atoms with Gasteiger partial charge in [-0.15, -0.1) is 0 Å². The third kappa shape index (κ3) is 5.47. The molecule has 2 aromatic heterocycles. The van der Waals surface area contributed by atoms with Gasteiger partial charge in [0.15, 0.2) is 0 Å². The smallest absolute Gasteiger partial charge is 0.138 e. The molecular weight excluding hydrogens is 649 g/mol. The van der Waals surface area contributed by atoms with Gasteiger partial charge in [0.05, 0.1) is 22.4 Å². The standard InChI is InChI=1S/C48H34N4O/c1-3-14-34(15-4-1)40-20-7-8-21-41(40)35-28-29-49-48(30-35)52-44-23-10-9-22-42(44)43-27-26-39(32-47(43)52)53-38-19-13-18-37(31-38)51-33-50(36-16-5-2-6-17-36)45-24-11-12-25-46(45)51/h1-32H,33H2. The highest BCUT2D eigenvalue weighted by Gasteiger charge is 2.28. The van der Waals surface area contributed by atoms with Gasteiger partial charge in [-0.3, -0.25) is 4.57 Å². The van der Waals surface area contributed by atoms with E-state index in [0.29, 0.717) is 6.67 Å². The first-order valence-corrected chi connectivity index (χ1v) is 17.9. The van der Waals surface area contributed by atoms with Crippen LogP contribution in [0.15, 0.2) is 194 Å². The molecular formula is C48H34N4O. The molecule has 9 aromatic rings. The Kier molecular flexibility index (Phi) is 7.47. The Bertz CT molecular complexity index is 2760. The van der Waals surface area contributed by atoms with Crippen molar-refractivity contribution in [2.75, 3.05) is 16.5 Å². The molecule has 0 bridgehead atoms. The van der Waals surface area contributed by atoms with Gasteiger partial charge in [0.2, 0.25) is 0 Å². The van der Waals surface area contributed by atoms with Crippen LogP contribution in [0.5, 0.6) is 11.5 Å². The molecule has 5 heteroatoms. The lowest BCUT2D eigenvalue weighted by molar-refractivity contribution is 0.483. The van der Waals surface area contributed by atoms with Gasteiger partial charge in [0.25, 0.3) is 0 Å². The Morgan fingerprint density at radius 2 is 1.06 bits per heavy atom. The maximum atomic E-state index is 6.66. The number of anilines is 4. The van der Waals surface area contributed by atoms with Crippen LogP contribution < -0.4 is 14.5 Å². The highest BCUT2D eigenvalue weighted by molar-refractivity contribution is 6.09. The lowest BCUT2D eigenvalue weighted by Crippen LogP contribution is -2.23. The van der Waals surface area contributed by atoms with E-state index in [-0.39, 0.29) is 0 Å². The van der Waals surface area contributed by atoms with E-state index in [2.05, 4.69) is 196 Å². The molecule has 0 aliphatic carbocycles. The van der Waals surface area contributed by atoms with Crippen molar-refractivity contribution in [3.05, 3.63) is 194 Å². The molecule has 1 aliphatic heterocycles. The first kappa shape index (κ1) is 30.7. The Balaban J connectivity index is 1.02. The van der Waals surface area contributed by atoms with Crippen LogP contribution in [0.3, 0.4) is 0 Å². The number of hydrogen-bond acceptors (Lipinski definition) is 4. The molecule has 3 heterocycles. The number of para-hydroxylation sites is 4. The van der Waals surface area contributed by atoms with Gasteiger partial charge in [0, 0.05) is 40.5 Å². The van der Waals surface area contributed by atoms with Gasteiger partial charge in [-0.05, 0) is 89.0 Å². The van der Waals surface area contributed by atoms with Crippen molar-refractivity contribution >= 4 is 44.6 Å². The van der Waals surface area contributed by atoms with Gasteiger partial charge >= 0.3 is 0 Å². The van der Waals surface area contributed by atoms with Crippen molar-refractivity contribution < 1.29 is 4.74 Å². The summed E-state index contributed by atoms with van der Waals surface area (Å²) in [6, 6.07) is 65.8. The maximum Gasteiger partial charge on any atom is 0.138 e. The van der Waals surface area contributed by atoms with Crippen LogP contribution >= 0.6 is 0 Å². The van der Waals surface area contributed by atoms with E-state index in [1.165, 1.54) is 39.1 Å². The molecule has 53 heavy (non-hydrogen) atoms. The predicted molar refractivity (Wildman–Crippen MR) is 218 cm³/mol. The van der Waals surface area contributed by atoms with Crippen molar-refractivity contribution in [3.63, 3.8) is 0 Å². The molecule has 10 rings (SSSR count). The van der Waals surface area contributed by atoms with Gasteiger partial charge in [0.1, 0.15) is 24.0 Å². The van der Waals surface area contributed by atoms with Gasteiger partial charge in [-0.25, -0.2) is 4.98 Å². The number of ether oxygens (including phenoxy) is 1. The fraction of sp³-hybridized carbons (Fsp3) is 0.0208. The molecule has 7 aromatic carbocycles. The maximum absolute atomic E-state index is 6.66. The minimum absolute atomic E-state index is 0.709. The molecule has 1 aliphatic rings. The number of hydrogen-bond donors (Lipinski definition) is 0. The van der Waals surface area contributed by atoms with Gasteiger partial charge in [-0.2, -0.15) is 0 Å². The topological polar surface area (TPSA) is 33.5 Å². The monoisotopic (exact) mass is 682 g/mol. The second-order valence-corrected chi connectivity index (χ2v) is 13.3. The molecule has 252 valence electrons. The quantitative estimate of drug-likeness (QED) is 0.168. The zero-order valence-electron chi connectivity index (χ0n) is 28.9. The fourth-order valence-electron chi connectivity index (χ4n) is 7.69. The number of aromatic nitrogens is 2. The summed E-state index contributed by atoms with van der Waals surface area (Å²) in [5.41, 5.74) is 11.4. The van der Waals surface area contributed by atoms with Gasteiger partial charge < -0.3 is 14.5 Å². The van der Waals surface area contributed by atoms with Crippen LogP contribution in [0, 0.1) is 0 Å². The normalized spacial score (nSPS) is 12.4. The number of benzene rings is 7. The third-order valence-corrected chi connectivity index (χ3v) is 10.1. The molecule has 0 fully saturated rings. The van der Waals surface area contributed by atoms with E-state index in [9.17, 15) is 0 Å². The molecule has 0 saturated heterocycles. The van der Waals surface area contributed by atoms with E-state index in [4.69, 9.17) is 9.72 Å². The van der Waals surface area contributed by atoms with Crippen LogP contribution in [-0.2, 0) is 0 Å². The Morgan fingerprint density at radius 3 is 1.87 bits per heavy atom. The van der Waals surface area contributed by atoms with Crippen molar-refractivity contribution in [1.29, 1.82) is 0 Å². The molecule has 0 N–H and O–H groups in total. The second-order valence-electron chi connectivity index (χ2n) is 13.3. The third-order valence-electron chi connectivity index (χ3n) is 10.1. The number of rotatable bonds is 7. The van der Waals surface area contributed by atoms with Crippen molar-refractivity contribution in [2.45, 2.75) is 0 Å². The van der Waals surface area contributed by atoms with E-state index in [0.717, 1.165) is 45.0 Å². The SMILES string of the molecule is c1ccc(-c2ccccc2-c2ccnc(-n3c4ccccc4c4ccc(Oc5cccc(N6CN(c7ccccc7)c7ccccc76)c5)cc43)c2)cc1. The Hall–Kier alpha value is -7.11. The van der Waals surface area contributed by atoms with E-state index in [1.54, 1.807) is 0 Å². The van der Waals surface area contributed by atoms with Crippen LogP contribution in [0.2, 0.25) is 0 Å². The highest BCUT2D eigenvalue weighted by Crippen LogP contribution is 2.45. The van der Waals surface area contributed by atoms with Crippen LogP contribution in [-0.4, -0.2) is 16.2 Å². The van der Waals surface area contributed by atoms with Crippen LogP contribution in [0.1, 0.15) is 0 Å². The predicted octanol–water partition coefficient (Wildman–Crippen LogP) is 12.6. The zero-order valence-corrected chi connectivity index (χ0v) is 28.9. The van der Waals surface area contributed by atoms with E-state index in [1.807, 2.05) is 12.3 Å². The molecule has 0 saturated carbocycles. The Labute approximate surface area is 308 Å². The summed E-state index contributed by atoms with van der Waals surface area (Å²) < 4.78 is 8.91. The number of nitrogens with zero attached hydrogens (tertiary/aromatic N) is 4. The van der Waals surface area contributed by atoms with Crippen molar-refractivity contribution in [1.82, 2.24) is 9.55 Å². The summed E-state index contributed by atoms with van der Waals surface area (Å²) in [5.74, 6) is 2.39. The van der Waals surface area contributed by atoms with Gasteiger partial charge in [-0.1, -0.05) is 109 Å². The minimum atomic E-state index is 0.709. The molecule has 0 radical (unpaired) electrons. The van der Waals surface area contributed by atoms with Crippen molar-refractivity contribution in [2.24, 2.45) is 0 Å². The largest absolute Gasteiger partial charge is 0.457 e.